The predicted octanol–water partition coefficient (Wildman–Crippen LogP) is 0.187. The maximum absolute atomic E-state index is 12.3. The molecule has 1 aromatic heterocycles. The Balaban J connectivity index is 2.74. The van der Waals surface area contributed by atoms with Crippen LogP contribution in [0.1, 0.15) is 23.4 Å². The molecule has 2 aromatic rings. The molecule has 0 fully saturated rings. The highest BCUT2D eigenvalue weighted by Gasteiger charge is 2.22. The molecule has 0 radical (unpaired) electrons. The van der Waals surface area contributed by atoms with E-state index in [4.69, 9.17) is 0 Å². The lowest BCUT2D eigenvalue weighted by molar-refractivity contribution is 0.0814. The van der Waals surface area contributed by atoms with E-state index in [1.807, 2.05) is 19.0 Å². The van der Waals surface area contributed by atoms with E-state index in [0.29, 0.717) is 9.36 Å². The molecule has 0 saturated heterocycles. The van der Waals surface area contributed by atoms with Crippen molar-refractivity contribution >= 4 is 17.5 Å². The van der Waals surface area contributed by atoms with Gasteiger partial charge in [0, 0.05) is 33.6 Å². The van der Waals surface area contributed by atoms with Crippen molar-refractivity contribution in [2.45, 2.75) is 13.8 Å². The second-order valence-electron chi connectivity index (χ2n) is 4.97. The van der Waals surface area contributed by atoms with Crippen molar-refractivity contribution in [3.05, 3.63) is 45.2 Å². The molecule has 0 amide bonds. The number of benzene rings is 1. The van der Waals surface area contributed by atoms with Crippen molar-refractivity contribution in [1.29, 1.82) is 0 Å². The summed E-state index contributed by atoms with van der Waals surface area (Å²) in [5, 5.41) is 0. The largest absolute Gasteiger partial charge is 0.378 e. The van der Waals surface area contributed by atoms with Crippen molar-refractivity contribution in [3.8, 4) is 5.69 Å². The molecule has 1 heterocycles. The van der Waals surface area contributed by atoms with Gasteiger partial charge in [0.1, 0.15) is 0 Å². The summed E-state index contributed by atoms with van der Waals surface area (Å²) in [7, 11) is 3.71. The van der Waals surface area contributed by atoms with E-state index in [2.05, 4.69) is 0 Å². The van der Waals surface area contributed by atoms with Gasteiger partial charge in [-0.2, -0.15) is 9.36 Å². The number of carbonyl (C=O) groups excluding carboxylic acids is 2. The van der Waals surface area contributed by atoms with E-state index in [1.165, 1.54) is 0 Å². The van der Waals surface area contributed by atoms with Gasteiger partial charge in [0.15, 0.2) is 0 Å². The summed E-state index contributed by atoms with van der Waals surface area (Å²) in [6.45, 7) is 2.22. The van der Waals surface area contributed by atoms with Crippen LogP contribution in [-0.4, -0.2) is 39.8 Å². The minimum absolute atomic E-state index is 0.288. The number of hydrogen-bond donors (Lipinski definition) is 0. The SMILES string of the molecule is CC(=O)n1c(=O)n(-c2ccc(N(C)C)cc2)c(=O)n1C(C)=O. The Morgan fingerprint density at radius 1 is 0.864 bits per heavy atom. The summed E-state index contributed by atoms with van der Waals surface area (Å²) in [4.78, 5) is 49.6. The van der Waals surface area contributed by atoms with Gasteiger partial charge in [-0.25, -0.2) is 14.2 Å². The van der Waals surface area contributed by atoms with E-state index in [-0.39, 0.29) is 5.69 Å². The van der Waals surface area contributed by atoms with Gasteiger partial charge in [0.05, 0.1) is 5.69 Å². The highest BCUT2D eigenvalue weighted by atomic mass is 16.2. The number of aromatic nitrogens is 3. The molecule has 1 aromatic carbocycles. The lowest BCUT2D eigenvalue weighted by Crippen LogP contribution is -2.33. The van der Waals surface area contributed by atoms with Crippen LogP contribution in [-0.2, 0) is 0 Å². The Morgan fingerprint density at radius 2 is 1.27 bits per heavy atom. The summed E-state index contributed by atoms with van der Waals surface area (Å²) in [6, 6.07) is 6.61. The fourth-order valence-corrected chi connectivity index (χ4v) is 2.11. The summed E-state index contributed by atoms with van der Waals surface area (Å²) in [5.74, 6) is -1.41. The Morgan fingerprint density at radius 3 is 1.59 bits per heavy atom. The van der Waals surface area contributed by atoms with E-state index < -0.39 is 23.2 Å². The first-order valence-corrected chi connectivity index (χ1v) is 6.52. The average Bonchev–Trinajstić information content (AvgIpc) is 2.70. The Kier molecular flexibility index (Phi) is 3.85. The minimum Gasteiger partial charge on any atom is -0.378 e. The number of carbonyl (C=O) groups is 2. The van der Waals surface area contributed by atoms with E-state index in [1.54, 1.807) is 24.3 Å². The molecule has 0 N–H and O–H groups in total. The fourth-order valence-electron chi connectivity index (χ4n) is 2.11. The number of hydrogen-bond acceptors (Lipinski definition) is 5. The zero-order valence-electron chi connectivity index (χ0n) is 12.7. The first kappa shape index (κ1) is 15.5. The van der Waals surface area contributed by atoms with Crippen LogP contribution in [0.25, 0.3) is 5.69 Å². The van der Waals surface area contributed by atoms with E-state index in [9.17, 15) is 19.2 Å². The molecule has 0 spiro atoms. The summed E-state index contributed by atoms with van der Waals surface area (Å²) < 4.78 is 1.86. The summed E-state index contributed by atoms with van der Waals surface area (Å²) in [6.07, 6.45) is 0. The smallest absolute Gasteiger partial charge is 0.359 e. The van der Waals surface area contributed by atoms with Gasteiger partial charge in [-0.05, 0) is 24.3 Å². The van der Waals surface area contributed by atoms with Crippen LogP contribution in [0.4, 0.5) is 5.69 Å². The number of nitrogens with zero attached hydrogens (tertiary/aromatic N) is 4. The molecule has 8 nitrogen and oxygen atoms in total. The highest BCUT2D eigenvalue weighted by Crippen LogP contribution is 2.13. The fraction of sp³-hybridized carbons (Fsp3) is 0.286. The van der Waals surface area contributed by atoms with E-state index >= 15 is 0 Å². The minimum atomic E-state index is -0.870. The lowest BCUT2D eigenvalue weighted by Gasteiger charge is -2.12. The van der Waals surface area contributed by atoms with Gasteiger partial charge < -0.3 is 4.90 Å². The van der Waals surface area contributed by atoms with Crippen LogP contribution in [0.15, 0.2) is 33.9 Å². The molecule has 0 bridgehead atoms. The normalized spacial score (nSPS) is 10.5. The lowest BCUT2D eigenvalue weighted by atomic mass is 10.2. The van der Waals surface area contributed by atoms with Gasteiger partial charge in [-0.15, -0.1) is 0 Å². The molecule has 0 saturated carbocycles. The van der Waals surface area contributed by atoms with Crippen LogP contribution in [0.3, 0.4) is 0 Å². The molecule has 0 unspecified atom stereocenters. The second-order valence-corrected chi connectivity index (χ2v) is 4.97. The molecular formula is C14H16N4O4. The summed E-state index contributed by atoms with van der Waals surface area (Å²) >= 11 is 0. The molecular weight excluding hydrogens is 288 g/mol. The predicted molar refractivity (Wildman–Crippen MR) is 81.2 cm³/mol. The van der Waals surface area contributed by atoms with Crippen molar-refractivity contribution < 1.29 is 9.59 Å². The van der Waals surface area contributed by atoms with Crippen molar-refractivity contribution in [2.75, 3.05) is 19.0 Å². The monoisotopic (exact) mass is 304 g/mol. The maximum Gasteiger partial charge on any atom is 0.359 e. The van der Waals surface area contributed by atoms with Gasteiger partial charge in [0.2, 0.25) is 11.8 Å². The second kappa shape index (κ2) is 5.47. The first-order chi connectivity index (χ1) is 10.3. The van der Waals surface area contributed by atoms with Crippen LogP contribution < -0.4 is 16.3 Å². The molecule has 116 valence electrons. The Bertz CT molecular complexity index is 807. The number of rotatable bonds is 2. The third-order valence-corrected chi connectivity index (χ3v) is 3.17. The average molecular weight is 304 g/mol. The highest BCUT2D eigenvalue weighted by molar-refractivity contribution is 5.81. The Hall–Kier alpha value is -2.90. The molecule has 0 aliphatic rings. The molecule has 0 aliphatic carbocycles. The van der Waals surface area contributed by atoms with Crippen LogP contribution in [0, 0.1) is 0 Å². The van der Waals surface area contributed by atoms with Crippen LogP contribution >= 0.6 is 0 Å². The van der Waals surface area contributed by atoms with E-state index in [0.717, 1.165) is 24.1 Å². The van der Waals surface area contributed by atoms with Crippen LogP contribution in [0.5, 0.6) is 0 Å². The van der Waals surface area contributed by atoms with Gasteiger partial charge in [-0.3, -0.25) is 9.59 Å². The van der Waals surface area contributed by atoms with Crippen molar-refractivity contribution in [1.82, 2.24) is 13.9 Å². The molecule has 2 rings (SSSR count). The first-order valence-electron chi connectivity index (χ1n) is 6.52. The van der Waals surface area contributed by atoms with Gasteiger partial charge >= 0.3 is 11.4 Å². The number of anilines is 1. The van der Waals surface area contributed by atoms with Crippen molar-refractivity contribution in [3.63, 3.8) is 0 Å². The Labute approximate surface area is 125 Å². The molecule has 0 aliphatic heterocycles. The third-order valence-electron chi connectivity index (χ3n) is 3.17. The zero-order valence-corrected chi connectivity index (χ0v) is 12.7. The van der Waals surface area contributed by atoms with Crippen molar-refractivity contribution in [2.24, 2.45) is 0 Å². The molecule has 0 atom stereocenters. The topological polar surface area (TPSA) is 86.3 Å². The summed E-state index contributed by atoms with van der Waals surface area (Å²) in [5.41, 5.74) is -0.569. The molecule has 8 heteroatoms. The third kappa shape index (κ3) is 2.39. The van der Waals surface area contributed by atoms with Crippen LogP contribution in [0.2, 0.25) is 0 Å². The van der Waals surface area contributed by atoms with Gasteiger partial charge in [-0.1, -0.05) is 0 Å². The quantitative estimate of drug-likeness (QED) is 0.790. The van der Waals surface area contributed by atoms with Gasteiger partial charge in [0.25, 0.3) is 0 Å². The molecule has 22 heavy (non-hydrogen) atoms. The zero-order chi connectivity index (χ0) is 16.6. The standard InChI is InChI=1S/C14H16N4O4/c1-9(19)17-13(21)16(14(22)18(17)10(2)20)12-7-5-11(6-8-12)15(3)4/h5-8H,1-4H3. The maximum atomic E-state index is 12.3.